The Balaban J connectivity index is 2.52. The number of carbonyl (C=O) groups excluding carboxylic acids is 1. The van der Waals surface area contributed by atoms with Crippen LogP contribution >= 0.6 is 23.1 Å². The van der Waals surface area contributed by atoms with E-state index in [0.29, 0.717) is 9.86 Å². The fraction of sp³-hybridized carbons (Fsp3) is 0.200. The summed E-state index contributed by atoms with van der Waals surface area (Å²) in [5, 5.41) is -0.0348. The van der Waals surface area contributed by atoms with Gasteiger partial charge in [-0.3, -0.25) is 4.79 Å². The lowest BCUT2D eigenvalue weighted by atomic mass is 10.3. The highest BCUT2D eigenvalue weighted by Crippen LogP contribution is 2.31. The number of rotatable bonds is 2. The summed E-state index contributed by atoms with van der Waals surface area (Å²) in [4.78, 5) is 15.5. The summed E-state index contributed by atoms with van der Waals surface area (Å²) in [5.74, 6) is 0. The molecule has 1 aromatic heterocycles. The Morgan fingerprint density at radius 2 is 2.12 bits per heavy atom. The van der Waals surface area contributed by atoms with E-state index in [1.165, 1.54) is 30.6 Å². The third kappa shape index (κ3) is 2.85. The lowest BCUT2D eigenvalue weighted by Gasteiger charge is -1.96. The first kappa shape index (κ1) is 12.5. The molecule has 0 N–H and O–H groups in total. The van der Waals surface area contributed by atoms with Crippen molar-refractivity contribution in [2.24, 2.45) is 0 Å². The minimum atomic E-state index is -3.20. The number of carbonyl (C=O) groups is 1. The van der Waals surface area contributed by atoms with E-state index < -0.39 is 9.84 Å². The van der Waals surface area contributed by atoms with Gasteiger partial charge in [0.1, 0.15) is 0 Å². The van der Waals surface area contributed by atoms with E-state index in [0.717, 1.165) is 16.5 Å². The molecule has 2 rings (SSSR count). The number of hydrogen-bond acceptors (Lipinski definition) is 6. The summed E-state index contributed by atoms with van der Waals surface area (Å²) in [6.45, 7) is 1.47. The molecule has 0 spiro atoms. The van der Waals surface area contributed by atoms with Gasteiger partial charge in [-0.25, -0.2) is 13.4 Å². The van der Waals surface area contributed by atoms with Crippen LogP contribution in [0.4, 0.5) is 0 Å². The zero-order valence-electron chi connectivity index (χ0n) is 9.13. The standard InChI is InChI=1S/C10H9NO3S3/c1-6(12)15-10-11-8-4-3-7(17(2,13)14)5-9(8)16-10/h3-5H,1-2H3. The van der Waals surface area contributed by atoms with Crippen molar-refractivity contribution >= 4 is 48.3 Å². The van der Waals surface area contributed by atoms with Gasteiger partial charge in [0.25, 0.3) is 0 Å². The van der Waals surface area contributed by atoms with Crippen LogP contribution < -0.4 is 0 Å². The monoisotopic (exact) mass is 287 g/mol. The van der Waals surface area contributed by atoms with Crippen molar-refractivity contribution in [2.75, 3.05) is 6.26 Å². The maximum atomic E-state index is 11.4. The van der Waals surface area contributed by atoms with E-state index >= 15 is 0 Å². The van der Waals surface area contributed by atoms with Gasteiger partial charge >= 0.3 is 0 Å². The van der Waals surface area contributed by atoms with E-state index in [2.05, 4.69) is 4.98 Å². The molecule has 0 amide bonds. The summed E-state index contributed by atoms with van der Waals surface area (Å²) in [7, 11) is -3.20. The summed E-state index contributed by atoms with van der Waals surface area (Å²) < 4.78 is 24.2. The molecule has 0 radical (unpaired) electrons. The molecule has 90 valence electrons. The molecular formula is C10H9NO3S3. The molecular weight excluding hydrogens is 278 g/mol. The van der Waals surface area contributed by atoms with Crippen LogP contribution in [0.1, 0.15) is 6.92 Å². The fourth-order valence-corrected chi connectivity index (χ4v) is 3.92. The van der Waals surface area contributed by atoms with Gasteiger partial charge in [0.15, 0.2) is 19.3 Å². The molecule has 0 saturated carbocycles. The van der Waals surface area contributed by atoms with Crippen molar-refractivity contribution < 1.29 is 13.2 Å². The first-order valence-electron chi connectivity index (χ1n) is 4.65. The maximum absolute atomic E-state index is 11.4. The largest absolute Gasteiger partial charge is 0.287 e. The molecule has 0 unspecified atom stereocenters. The Morgan fingerprint density at radius 3 is 2.71 bits per heavy atom. The minimum absolute atomic E-state index is 0.0348. The molecule has 0 bridgehead atoms. The van der Waals surface area contributed by atoms with Gasteiger partial charge in [-0.1, -0.05) is 0 Å². The lowest BCUT2D eigenvalue weighted by Crippen LogP contribution is -1.95. The van der Waals surface area contributed by atoms with E-state index in [9.17, 15) is 13.2 Å². The Kier molecular flexibility index (Phi) is 3.24. The Bertz CT molecular complexity index is 688. The molecule has 0 aliphatic rings. The van der Waals surface area contributed by atoms with Gasteiger partial charge < -0.3 is 0 Å². The SMILES string of the molecule is CC(=O)Sc1nc2ccc(S(C)(=O)=O)cc2s1. The minimum Gasteiger partial charge on any atom is -0.287 e. The third-order valence-electron chi connectivity index (χ3n) is 2.00. The van der Waals surface area contributed by atoms with Gasteiger partial charge in [-0.05, 0) is 30.0 Å². The Morgan fingerprint density at radius 1 is 1.41 bits per heavy atom. The first-order valence-corrected chi connectivity index (χ1v) is 8.18. The van der Waals surface area contributed by atoms with Gasteiger partial charge in [0, 0.05) is 13.2 Å². The second-order valence-electron chi connectivity index (χ2n) is 3.48. The van der Waals surface area contributed by atoms with E-state index in [-0.39, 0.29) is 10.0 Å². The molecule has 1 heterocycles. The molecule has 0 aliphatic carbocycles. The van der Waals surface area contributed by atoms with Gasteiger partial charge in [0.05, 0.1) is 15.1 Å². The number of thioether (sulfide) groups is 1. The van der Waals surface area contributed by atoms with Crippen LogP contribution in [0.5, 0.6) is 0 Å². The smallest absolute Gasteiger partial charge is 0.192 e. The Hall–Kier alpha value is -0.920. The predicted molar refractivity (Wildman–Crippen MR) is 69.3 cm³/mol. The van der Waals surface area contributed by atoms with Crippen LogP contribution in [-0.2, 0) is 14.6 Å². The van der Waals surface area contributed by atoms with Crippen LogP contribution in [-0.4, -0.2) is 24.8 Å². The third-order valence-corrected chi connectivity index (χ3v) is 4.98. The number of thiazole rings is 1. The van der Waals surface area contributed by atoms with E-state index in [1.54, 1.807) is 12.1 Å². The highest BCUT2D eigenvalue weighted by atomic mass is 32.2. The van der Waals surface area contributed by atoms with Crippen molar-refractivity contribution in [3.63, 3.8) is 0 Å². The predicted octanol–water partition coefficient (Wildman–Crippen LogP) is 2.34. The molecule has 2 aromatic rings. The van der Waals surface area contributed by atoms with Gasteiger partial charge in [-0.2, -0.15) is 0 Å². The summed E-state index contributed by atoms with van der Waals surface area (Å²) in [5.41, 5.74) is 0.714. The van der Waals surface area contributed by atoms with Crippen LogP contribution in [0.25, 0.3) is 10.2 Å². The molecule has 0 saturated heterocycles. The van der Waals surface area contributed by atoms with Crippen LogP contribution in [0, 0.1) is 0 Å². The quantitative estimate of drug-likeness (QED) is 0.793. The number of sulfone groups is 1. The normalized spacial score (nSPS) is 11.9. The van der Waals surface area contributed by atoms with Crippen molar-refractivity contribution in [3.05, 3.63) is 18.2 Å². The molecule has 0 fully saturated rings. The first-order chi connectivity index (χ1) is 7.86. The highest BCUT2D eigenvalue weighted by Gasteiger charge is 2.11. The molecule has 1 aromatic carbocycles. The van der Waals surface area contributed by atoms with E-state index in [4.69, 9.17) is 0 Å². The second-order valence-corrected chi connectivity index (χ2v) is 7.95. The van der Waals surface area contributed by atoms with Crippen molar-refractivity contribution in [1.82, 2.24) is 4.98 Å². The second kappa shape index (κ2) is 4.40. The maximum Gasteiger partial charge on any atom is 0.192 e. The number of aromatic nitrogens is 1. The van der Waals surface area contributed by atoms with Crippen molar-refractivity contribution in [3.8, 4) is 0 Å². The van der Waals surface area contributed by atoms with Gasteiger partial charge in [0.2, 0.25) is 0 Å². The average Bonchev–Trinajstić information content (AvgIpc) is 2.55. The van der Waals surface area contributed by atoms with Gasteiger partial charge in [-0.15, -0.1) is 11.3 Å². The zero-order valence-corrected chi connectivity index (χ0v) is 11.6. The summed E-state index contributed by atoms with van der Waals surface area (Å²) >= 11 is 2.38. The lowest BCUT2D eigenvalue weighted by molar-refractivity contribution is -0.109. The van der Waals surface area contributed by atoms with Crippen molar-refractivity contribution in [2.45, 2.75) is 16.2 Å². The molecule has 0 aliphatic heterocycles. The molecule has 4 nitrogen and oxygen atoms in total. The Labute approximate surface area is 107 Å². The number of fused-ring (bicyclic) bond motifs is 1. The van der Waals surface area contributed by atoms with Crippen LogP contribution in [0.3, 0.4) is 0 Å². The highest BCUT2D eigenvalue weighted by molar-refractivity contribution is 8.14. The van der Waals surface area contributed by atoms with Crippen LogP contribution in [0.2, 0.25) is 0 Å². The van der Waals surface area contributed by atoms with Crippen molar-refractivity contribution in [1.29, 1.82) is 0 Å². The average molecular weight is 287 g/mol. The summed E-state index contributed by atoms with van der Waals surface area (Å²) in [6.07, 6.45) is 1.17. The molecule has 17 heavy (non-hydrogen) atoms. The molecule has 7 heteroatoms. The number of benzene rings is 1. The zero-order chi connectivity index (χ0) is 12.6. The fourth-order valence-electron chi connectivity index (χ4n) is 1.28. The topological polar surface area (TPSA) is 64.1 Å². The van der Waals surface area contributed by atoms with Crippen LogP contribution in [0.15, 0.2) is 27.4 Å². The molecule has 0 atom stereocenters. The van der Waals surface area contributed by atoms with E-state index in [1.807, 2.05) is 0 Å². The number of hydrogen-bond donors (Lipinski definition) is 0. The number of nitrogens with zero attached hydrogens (tertiary/aromatic N) is 1. The summed E-state index contributed by atoms with van der Waals surface area (Å²) in [6, 6.07) is 4.78.